The zero-order valence-corrected chi connectivity index (χ0v) is 19.4. The normalized spacial score (nSPS) is 15.8. The quantitative estimate of drug-likeness (QED) is 0.607. The molecule has 0 radical (unpaired) electrons. The Balaban J connectivity index is 1.42. The van der Waals surface area contributed by atoms with Crippen molar-refractivity contribution in [3.05, 3.63) is 42.1 Å². The molecular weight excluding hydrogens is 412 g/mol. The van der Waals surface area contributed by atoms with Gasteiger partial charge in [0.15, 0.2) is 0 Å². The number of nitrogens with zero attached hydrogens (tertiary/aromatic N) is 3. The number of aromatic nitrogens is 2. The van der Waals surface area contributed by atoms with E-state index in [-0.39, 0.29) is 17.6 Å². The lowest BCUT2D eigenvalue weighted by Gasteiger charge is -2.32. The molecule has 3 rings (SSSR count). The highest BCUT2D eigenvalue weighted by Gasteiger charge is 2.31. The third kappa shape index (κ3) is 6.40. The van der Waals surface area contributed by atoms with Gasteiger partial charge >= 0.3 is 0 Å². The summed E-state index contributed by atoms with van der Waals surface area (Å²) in [6.07, 6.45) is 4.44. The first kappa shape index (κ1) is 23.5. The summed E-state index contributed by atoms with van der Waals surface area (Å²) >= 11 is 0. The van der Waals surface area contributed by atoms with Gasteiger partial charge in [-0.3, -0.25) is 9.89 Å². The van der Waals surface area contributed by atoms with Crippen LogP contribution in [0.25, 0.3) is 11.3 Å². The van der Waals surface area contributed by atoms with Crippen LogP contribution in [0, 0.1) is 5.92 Å². The summed E-state index contributed by atoms with van der Waals surface area (Å²) in [5.41, 5.74) is 3.08. The van der Waals surface area contributed by atoms with Gasteiger partial charge in [0.1, 0.15) is 0 Å². The van der Waals surface area contributed by atoms with Gasteiger partial charge in [0.2, 0.25) is 15.9 Å². The van der Waals surface area contributed by atoms with E-state index in [2.05, 4.69) is 16.3 Å². The maximum atomic E-state index is 12.8. The van der Waals surface area contributed by atoms with E-state index in [1.807, 2.05) is 44.3 Å². The van der Waals surface area contributed by atoms with Crippen LogP contribution in [0.15, 0.2) is 36.4 Å². The van der Waals surface area contributed by atoms with E-state index in [1.54, 1.807) is 9.21 Å². The Labute approximate surface area is 185 Å². The van der Waals surface area contributed by atoms with Crippen molar-refractivity contribution in [3.8, 4) is 11.3 Å². The number of sulfonamides is 1. The fourth-order valence-corrected chi connectivity index (χ4v) is 5.69. The lowest BCUT2D eigenvalue weighted by atomic mass is 9.96. The molecule has 2 heterocycles. The summed E-state index contributed by atoms with van der Waals surface area (Å²) in [7, 11) is -1.34. The van der Waals surface area contributed by atoms with Gasteiger partial charge in [-0.15, -0.1) is 0 Å². The van der Waals surface area contributed by atoms with Crippen LogP contribution in [-0.4, -0.2) is 66.2 Å². The summed E-state index contributed by atoms with van der Waals surface area (Å²) in [5.74, 6) is 0.251. The summed E-state index contributed by atoms with van der Waals surface area (Å²) in [5, 5.41) is 7.47. The highest BCUT2D eigenvalue weighted by molar-refractivity contribution is 7.89. The molecule has 1 fully saturated rings. The summed E-state index contributed by atoms with van der Waals surface area (Å²) in [6, 6.07) is 12.1. The standard InChI is InChI=1S/C23H34N4O3S/c1-3-4-17-31(29,30)27-15-12-20(13-16-27)23(28)26(2)14-8-11-21-18-22(25-24-21)19-9-6-5-7-10-19/h5-7,9-10,18,20H,3-4,8,11-17H2,1-2H3,(H,24,25). The van der Waals surface area contributed by atoms with Crippen molar-refractivity contribution in [2.45, 2.75) is 45.4 Å². The number of hydrogen-bond acceptors (Lipinski definition) is 4. The molecule has 31 heavy (non-hydrogen) atoms. The number of piperidine rings is 1. The molecule has 0 saturated carbocycles. The first-order valence-corrected chi connectivity index (χ1v) is 12.8. The number of aromatic amines is 1. The van der Waals surface area contributed by atoms with Gasteiger partial charge in [0.25, 0.3) is 0 Å². The van der Waals surface area contributed by atoms with Crippen molar-refractivity contribution in [1.29, 1.82) is 0 Å². The van der Waals surface area contributed by atoms with E-state index >= 15 is 0 Å². The van der Waals surface area contributed by atoms with Crippen molar-refractivity contribution in [2.24, 2.45) is 5.92 Å². The van der Waals surface area contributed by atoms with Crippen molar-refractivity contribution in [2.75, 3.05) is 32.4 Å². The molecule has 1 aromatic carbocycles. The Bertz CT molecular complexity index is 935. The van der Waals surface area contributed by atoms with Gasteiger partial charge in [-0.05, 0) is 38.2 Å². The van der Waals surface area contributed by atoms with E-state index in [0.29, 0.717) is 38.9 Å². The fourth-order valence-electron chi connectivity index (χ4n) is 4.01. The molecule has 0 spiro atoms. The van der Waals surface area contributed by atoms with Crippen LogP contribution in [0.1, 0.15) is 44.7 Å². The predicted molar refractivity (Wildman–Crippen MR) is 123 cm³/mol. The first-order valence-electron chi connectivity index (χ1n) is 11.2. The minimum Gasteiger partial charge on any atom is -0.346 e. The minimum atomic E-state index is -3.18. The molecule has 1 aliphatic rings. The monoisotopic (exact) mass is 446 g/mol. The zero-order valence-electron chi connectivity index (χ0n) is 18.6. The van der Waals surface area contributed by atoms with E-state index in [1.165, 1.54) is 0 Å². The summed E-state index contributed by atoms with van der Waals surface area (Å²) < 4.78 is 26.3. The number of unbranched alkanes of at least 4 members (excludes halogenated alkanes) is 1. The Kier molecular flexibility index (Phi) is 8.26. The summed E-state index contributed by atoms with van der Waals surface area (Å²) in [4.78, 5) is 14.6. The third-order valence-corrected chi connectivity index (χ3v) is 7.93. The SMILES string of the molecule is CCCCS(=O)(=O)N1CCC(C(=O)N(C)CCCc2cc(-c3ccccc3)n[nH]2)CC1. The number of carbonyl (C=O) groups is 1. The average Bonchev–Trinajstić information content (AvgIpc) is 3.27. The largest absolute Gasteiger partial charge is 0.346 e. The van der Waals surface area contributed by atoms with Gasteiger partial charge in [-0.1, -0.05) is 43.7 Å². The van der Waals surface area contributed by atoms with E-state index in [9.17, 15) is 13.2 Å². The van der Waals surface area contributed by atoms with Crippen LogP contribution < -0.4 is 0 Å². The Hall–Kier alpha value is -2.19. The molecule has 1 saturated heterocycles. The molecule has 2 aromatic rings. The van der Waals surface area contributed by atoms with Crippen LogP contribution in [0.2, 0.25) is 0 Å². The molecule has 0 aliphatic carbocycles. The molecule has 8 heteroatoms. The van der Waals surface area contributed by atoms with E-state index < -0.39 is 10.0 Å². The molecule has 170 valence electrons. The molecule has 0 atom stereocenters. The summed E-state index contributed by atoms with van der Waals surface area (Å²) in [6.45, 7) is 3.57. The van der Waals surface area contributed by atoms with Crippen LogP contribution in [-0.2, 0) is 21.2 Å². The smallest absolute Gasteiger partial charge is 0.225 e. The molecule has 1 aromatic heterocycles. The second-order valence-corrected chi connectivity index (χ2v) is 10.4. The number of aryl methyl sites for hydroxylation is 1. The van der Waals surface area contributed by atoms with Gasteiger partial charge in [0, 0.05) is 43.9 Å². The first-order chi connectivity index (χ1) is 14.9. The molecule has 1 aliphatic heterocycles. The van der Waals surface area contributed by atoms with Gasteiger partial charge < -0.3 is 4.90 Å². The number of rotatable bonds is 10. The highest BCUT2D eigenvalue weighted by Crippen LogP contribution is 2.22. The second kappa shape index (κ2) is 10.9. The molecule has 1 amide bonds. The minimum absolute atomic E-state index is 0.0838. The Morgan fingerprint density at radius 2 is 1.90 bits per heavy atom. The number of amides is 1. The lowest BCUT2D eigenvalue weighted by molar-refractivity contribution is -0.135. The second-order valence-electron chi connectivity index (χ2n) is 8.35. The molecule has 0 bridgehead atoms. The van der Waals surface area contributed by atoms with Crippen LogP contribution >= 0.6 is 0 Å². The third-order valence-electron chi connectivity index (χ3n) is 5.97. The molecular formula is C23H34N4O3S. The number of nitrogens with one attached hydrogen (secondary N) is 1. The highest BCUT2D eigenvalue weighted by atomic mass is 32.2. The number of carbonyl (C=O) groups excluding carboxylic acids is 1. The Morgan fingerprint density at radius 3 is 2.58 bits per heavy atom. The van der Waals surface area contributed by atoms with Crippen molar-refractivity contribution >= 4 is 15.9 Å². The maximum absolute atomic E-state index is 12.8. The zero-order chi connectivity index (χ0) is 22.3. The predicted octanol–water partition coefficient (Wildman–Crippen LogP) is 3.31. The van der Waals surface area contributed by atoms with Crippen LogP contribution in [0.3, 0.4) is 0 Å². The lowest BCUT2D eigenvalue weighted by Crippen LogP contribution is -2.44. The molecule has 7 nitrogen and oxygen atoms in total. The van der Waals surface area contributed by atoms with Crippen molar-refractivity contribution in [3.63, 3.8) is 0 Å². The van der Waals surface area contributed by atoms with Gasteiger partial charge in [-0.25, -0.2) is 12.7 Å². The topological polar surface area (TPSA) is 86.4 Å². The average molecular weight is 447 g/mol. The van der Waals surface area contributed by atoms with Crippen LogP contribution in [0.5, 0.6) is 0 Å². The Morgan fingerprint density at radius 1 is 1.19 bits per heavy atom. The van der Waals surface area contributed by atoms with Gasteiger partial charge in [-0.2, -0.15) is 5.10 Å². The maximum Gasteiger partial charge on any atom is 0.225 e. The molecule has 1 N–H and O–H groups in total. The van der Waals surface area contributed by atoms with Crippen molar-refractivity contribution < 1.29 is 13.2 Å². The number of benzene rings is 1. The number of hydrogen-bond donors (Lipinski definition) is 1. The van der Waals surface area contributed by atoms with E-state index in [4.69, 9.17) is 0 Å². The fraction of sp³-hybridized carbons (Fsp3) is 0.565. The van der Waals surface area contributed by atoms with E-state index in [0.717, 1.165) is 36.2 Å². The van der Waals surface area contributed by atoms with Gasteiger partial charge in [0.05, 0.1) is 11.4 Å². The number of H-pyrrole nitrogens is 1. The molecule has 0 unspecified atom stereocenters. The van der Waals surface area contributed by atoms with Crippen molar-refractivity contribution in [1.82, 2.24) is 19.4 Å². The van der Waals surface area contributed by atoms with Crippen LogP contribution in [0.4, 0.5) is 0 Å².